The summed E-state index contributed by atoms with van der Waals surface area (Å²) in [6, 6.07) is 8.49. The van der Waals surface area contributed by atoms with E-state index < -0.39 is 0 Å². The van der Waals surface area contributed by atoms with Gasteiger partial charge in [0, 0.05) is 25.2 Å². The van der Waals surface area contributed by atoms with Crippen LogP contribution in [0.25, 0.3) is 0 Å². The lowest BCUT2D eigenvalue weighted by atomic mass is 9.52. The maximum absolute atomic E-state index is 12.0. The number of hydrogen-bond donors (Lipinski definition) is 2. The Morgan fingerprint density at radius 3 is 2.57 bits per heavy atom. The average molecular weight is 410 g/mol. The van der Waals surface area contributed by atoms with Crippen LogP contribution < -0.4 is 15.5 Å². The van der Waals surface area contributed by atoms with Gasteiger partial charge in [-0.3, -0.25) is 14.9 Å². The van der Waals surface area contributed by atoms with Crippen LogP contribution in [-0.4, -0.2) is 37.6 Å². The third-order valence-electron chi connectivity index (χ3n) is 7.50. The molecule has 30 heavy (non-hydrogen) atoms. The zero-order valence-corrected chi connectivity index (χ0v) is 17.5. The second-order valence-electron chi connectivity index (χ2n) is 9.70. The molecule has 1 unspecified atom stereocenters. The predicted molar refractivity (Wildman–Crippen MR) is 115 cm³/mol. The normalized spacial score (nSPS) is 25.7. The van der Waals surface area contributed by atoms with Crippen LogP contribution in [0.4, 0.5) is 5.69 Å². The van der Waals surface area contributed by atoms with Crippen LogP contribution in [-0.2, 0) is 14.3 Å². The van der Waals surface area contributed by atoms with E-state index in [2.05, 4.69) is 34.2 Å². The lowest BCUT2D eigenvalue weighted by Gasteiger charge is -2.54. The van der Waals surface area contributed by atoms with E-state index in [0.717, 1.165) is 30.9 Å². The van der Waals surface area contributed by atoms with Gasteiger partial charge in [0.1, 0.15) is 0 Å². The number of ether oxygens (including phenoxy) is 1. The number of imide groups is 1. The van der Waals surface area contributed by atoms with Crippen LogP contribution >= 0.6 is 0 Å². The van der Waals surface area contributed by atoms with Crippen LogP contribution in [0.1, 0.15) is 56.4 Å². The van der Waals surface area contributed by atoms with Crippen LogP contribution in [0.3, 0.4) is 0 Å². The van der Waals surface area contributed by atoms with E-state index in [0.29, 0.717) is 36.1 Å². The van der Waals surface area contributed by atoms with E-state index in [1.807, 2.05) is 12.1 Å². The Morgan fingerprint density at radius 1 is 1.20 bits per heavy atom. The van der Waals surface area contributed by atoms with E-state index in [9.17, 15) is 9.59 Å². The highest BCUT2D eigenvalue weighted by Crippen LogP contribution is 2.58. The summed E-state index contributed by atoms with van der Waals surface area (Å²) in [5, 5.41) is 5.83. The molecule has 160 valence electrons. The molecule has 2 heterocycles. The number of nitrogens with one attached hydrogen (secondary N) is 2. The molecule has 0 radical (unpaired) electrons. The number of benzene rings is 1. The molecule has 2 saturated heterocycles. The molecule has 1 aromatic rings. The number of piperidine rings is 1. The Kier molecular flexibility index (Phi) is 4.95. The third kappa shape index (κ3) is 3.80. The van der Waals surface area contributed by atoms with Gasteiger partial charge in [-0.25, -0.2) is 0 Å². The van der Waals surface area contributed by atoms with Crippen molar-refractivity contribution in [3.8, 4) is 0 Å². The summed E-state index contributed by atoms with van der Waals surface area (Å²) in [6.45, 7) is 6.65. The molecule has 4 fully saturated rings. The van der Waals surface area contributed by atoms with Gasteiger partial charge in [0.05, 0.1) is 18.6 Å². The topological polar surface area (TPSA) is 70.7 Å². The number of rotatable bonds is 7. The summed E-state index contributed by atoms with van der Waals surface area (Å²) in [6.07, 6.45) is 7.94. The van der Waals surface area contributed by atoms with Crippen molar-refractivity contribution in [2.45, 2.75) is 56.9 Å². The van der Waals surface area contributed by atoms with E-state index in [-0.39, 0.29) is 17.7 Å². The second kappa shape index (κ2) is 7.64. The quantitative estimate of drug-likeness (QED) is 0.535. The number of amides is 2. The fraction of sp³-hybridized carbons (Fsp3) is 0.583. The van der Waals surface area contributed by atoms with Gasteiger partial charge < -0.3 is 15.0 Å². The molecule has 2 saturated carbocycles. The molecular weight excluding hydrogens is 378 g/mol. The molecule has 0 aromatic heterocycles. The fourth-order valence-corrected chi connectivity index (χ4v) is 5.57. The lowest BCUT2D eigenvalue weighted by molar-refractivity contribution is -0.134. The standard InChI is InChI=1S/C24H31N3O3/c1-16(30-15-17-11-24(12-17)9-2-10-24)25-19-13-27(14-19)20-5-3-18(4-6-20)21-7-8-22(28)26-23(21)29/h3-6,17,19,21,25H,1-2,7-15H2,(H,26,28,29). The monoisotopic (exact) mass is 409 g/mol. The van der Waals surface area contributed by atoms with Gasteiger partial charge in [0.15, 0.2) is 5.88 Å². The van der Waals surface area contributed by atoms with E-state index in [1.54, 1.807) is 0 Å². The Morgan fingerprint density at radius 2 is 1.93 bits per heavy atom. The van der Waals surface area contributed by atoms with Gasteiger partial charge in [-0.1, -0.05) is 18.6 Å². The molecule has 2 N–H and O–H groups in total. The highest BCUT2D eigenvalue weighted by Gasteiger charge is 2.48. The van der Waals surface area contributed by atoms with Gasteiger partial charge in [0.2, 0.25) is 11.8 Å². The maximum Gasteiger partial charge on any atom is 0.234 e. The third-order valence-corrected chi connectivity index (χ3v) is 7.50. The van der Waals surface area contributed by atoms with Crippen LogP contribution in [0, 0.1) is 11.3 Å². The molecule has 5 rings (SSSR count). The molecule has 6 nitrogen and oxygen atoms in total. The molecule has 2 aliphatic carbocycles. The predicted octanol–water partition coefficient (Wildman–Crippen LogP) is 3.05. The number of nitrogens with zero attached hydrogens (tertiary/aromatic N) is 1. The zero-order chi connectivity index (χ0) is 20.7. The van der Waals surface area contributed by atoms with Gasteiger partial charge in [-0.2, -0.15) is 0 Å². The van der Waals surface area contributed by atoms with Gasteiger partial charge in [0.25, 0.3) is 0 Å². The minimum atomic E-state index is -0.224. The number of carbonyl (C=O) groups is 2. The summed E-state index contributed by atoms with van der Waals surface area (Å²) in [5.41, 5.74) is 2.82. The second-order valence-corrected chi connectivity index (χ2v) is 9.70. The Hall–Kier alpha value is -2.50. The number of anilines is 1. The van der Waals surface area contributed by atoms with Gasteiger partial charge >= 0.3 is 0 Å². The van der Waals surface area contributed by atoms with Crippen molar-refractivity contribution in [3.05, 3.63) is 42.3 Å². The summed E-state index contributed by atoms with van der Waals surface area (Å²) in [7, 11) is 0. The largest absolute Gasteiger partial charge is 0.479 e. The fourth-order valence-electron chi connectivity index (χ4n) is 5.57. The van der Waals surface area contributed by atoms with Crippen molar-refractivity contribution >= 4 is 17.5 Å². The molecular formula is C24H31N3O3. The molecule has 1 spiro atoms. The first-order valence-corrected chi connectivity index (χ1v) is 11.3. The maximum atomic E-state index is 12.0. The van der Waals surface area contributed by atoms with Gasteiger partial charge in [-0.05, 0) is 67.7 Å². The summed E-state index contributed by atoms with van der Waals surface area (Å²) < 4.78 is 5.87. The molecule has 2 amide bonds. The van der Waals surface area contributed by atoms with Crippen molar-refractivity contribution in [2.24, 2.45) is 11.3 Å². The molecule has 2 aliphatic heterocycles. The minimum Gasteiger partial charge on any atom is -0.479 e. The van der Waals surface area contributed by atoms with Crippen molar-refractivity contribution < 1.29 is 14.3 Å². The van der Waals surface area contributed by atoms with Crippen LogP contribution in [0.5, 0.6) is 0 Å². The molecule has 1 aromatic carbocycles. The summed E-state index contributed by atoms with van der Waals surface area (Å²) in [5.74, 6) is 0.827. The Labute approximate surface area is 178 Å². The van der Waals surface area contributed by atoms with Crippen molar-refractivity contribution in [3.63, 3.8) is 0 Å². The molecule has 1 atom stereocenters. The van der Waals surface area contributed by atoms with E-state index >= 15 is 0 Å². The smallest absolute Gasteiger partial charge is 0.234 e. The van der Waals surface area contributed by atoms with Crippen molar-refractivity contribution in [2.75, 3.05) is 24.6 Å². The summed E-state index contributed by atoms with van der Waals surface area (Å²) >= 11 is 0. The minimum absolute atomic E-state index is 0.174. The van der Waals surface area contributed by atoms with E-state index in [1.165, 1.54) is 32.1 Å². The lowest BCUT2D eigenvalue weighted by Crippen LogP contribution is -2.58. The Bertz CT molecular complexity index is 832. The number of hydrogen-bond acceptors (Lipinski definition) is 5. The first-order chi connectivity index (χ1) is 14.5. The first kappa shape index (κ1) is 19.5. The highest BCUT2D eigenvalue weighted by atomic mass is 16.5. The van der Waals surface area contributed by atoms with Crippen LogP contribution in [0.2, 0.25) is 0 Å². The number of carbonyl (C=O) groups excluding carboxylic acids is 2. The van der Waals surface area contributed by atoms with Crippen molar-refractivity contribution in [1.82, 2.24) is 10.6 Å². The van der Waals surface area contributed by atoms with Crippen molar-refractivity contribution in [1.29, 1.82) is 0 Å². The SMILES string of the molecule is C=C(NC1CN(c2ccc(C3CCC(=O)NC3=O)cc2)C1)OCC1CC2(CCC2)C1. The van der Waals surface area contributed by atoms with E-state index in [4.69, 9.17) is 4.74 Å². The first-order valence-electron chi connectivity index (χ1n) is 11.3. The molecule has 0 bridgehead atoms. The average Bonchev–Trinajstić information content (AvgIpc) is 2.62. The summed E-state index contributed by atoms with van der Waals surface area (Å²) in [4.78, 5) is 25.7. The van der Waals surface area contributed by atoms with Crippen LogP contribution in [0.15, 0.2) is 36.7 Å². The highest BCUT2D eigenvalue weighted by molar-refractivity contribution is 6.00. The molecule has 6 heteroatoms. The zero-order valence-electron chi connectivity index (χ0n) is 17.5. The molecule has 4 aliphatic rings. The Balaban J connectivity index is 1.03. The van der Waals surface area contributed by atoms with Gasteiger partial charge in [-0.15, -0.1) is 0 Å².